The number of alkyl halides is 6. The van der Waals surface area contributed by atoms with Crippen molar-refractivity contribution in [3.05, 3.63) is 46.4 Å². The fourth-order valence-corrected chi connectivity index (χ4v) is 3.20. The number of pyridine rings is 2. The van der Waals surface area contributed by atoms with Crippen LogP contribution >= 0.6 is 11.6 Å². The second-order valence-electron chi connectivity index (χ2n) is 6.20. The Labute approximate surface area is 166 Å². The molecule has 12 heteroatoms. The lowest BCUT2D eigenvalue weighted by molar-refractivity contribution is -0.138. The number of nitriles is 1. The number of halogens is 7. The van der Waals surface area contributed by atoms with Gasteiger partial charge in [-0.25, -0.2) is 9.97 Å². The van der Waals surface area contributed by atoms with Crippen molar-refractivity contribution in [2.45, 2.75) is 12.4 Å². The average molecular weight is 436 g/mol. The van der Waals surface area contributed by atoms with Gasteiger partial charge in [0.1, 0.15) is 11.9 Å². The van der Waals surface area contributed by atoms with E-state index in [0.717, 1.165) is 12.1 Å². The van der Waals surface area contributed by atoms with Gasteiger partial charge in [0.2, 0.25) is 0 Å². The SMILES string of the molecule is N#Cc1ncc(C(F)(F)F)cc1N1CCN(c2ncc(C(F)(F)F)cc2Cl)CC1. The molecule has 0 aliphatic carbocycles. The van der Waals surface area contributed by atoms with Gasteiger partial charge < -0.3 is 9.80 Å². The topological polar surface area (TPSA) is 56.1 Å². The van der Waals surface area contributed by atoms with Crippen LogP contribution in [-0.2, 0) is 12.4 Å². The smallest absolute Gasteiger partial charge is 0.366 e. The minimum absolute atomic E-state index is 0.0495. The number of rotatable bonds is 2. The van der Waals surface area contributed by atoms with Gasteiger partial charge in [-0.3, -0.25) is 0 Å². The Bertz CT molecular complexity index is 945. The molecule has 0 atom stereocenters. The largest absolute Gasteiger partial charge is 0.417 e. The van der Waals surface area contributed by atoms with Crippen LogP contribution in [0.5, 0.6) is 0 Å². The molecule has 1 fully saturated rings. The monoisotopic (exact) mass is 435 g/mol. The van der Waals surface area contributed by atoms with Crippen LogP contribution in [0.1, 0.15) is 16.8 Å². The van der Waals surface area contributed by atoms with Crippen molar-refractivity contribution in [2.24, 2.45) is 0 Å². The summed E-state index contributed by atoms with van der Waals surface area (Å²) in [6.45, 7) is 0.881. The Hall–Kier alpha value is -2.74. The Kier molecular flexibility index (Phi) is 5.49. The maximum atomic E-state index is 13.0. The minimum Gasteiger partial charge on any atom is -0.366 e. The molecule has 0 N–H and O–H groups in total. The average Bonchev–Trinajstić information content (AvgIpc) is 2.66. The van der Waals surface area contributed by atoms with Crippen molar-refractivity contribution in [3.8, 4) is 6.07 Å². The third kappa shape index (κ3) is 4.48. The maximum absolute atomic E-state index is 13.0. The molecule has 0 unspecified atom stereocenters. The van der Waals surface area contributed by atoms with Gasteiger partial charge >= 0.3 is 12.4 Å². The van der Waals surface area contributed by atoms with E-state index in [9.17, 15) is 26.3 Å². The van der Waals surface area contributed by atoms with Crippen LogP contribution in [0, 0.1) is 11.3 Å². The molecule has 0 bridgehead atoms. The van der Waals surface area contributed by atoms with Crippen LogP contribution in [0.4, 0.5) is 37.8 Å². The highest BCUT2D eigenvalue weighted by atomic mass is 35.5. The first-order valence-electron chi connectivity index (χ1n) is 8.20. The third-order valence-electron chi connectivity index (χ3n) is 4.37. The summed E-state index contributed by atoms with van der Waals surface area (Å²) >= 11 is 5.94. The first-order chi connectivity index (χ1) is 13.5. The molecule has 5 nitrogen and oxygen atoms in total. The Balaban J connectivity index is 1.79. The van der Waals surface area contributed by atoms with Crippen molar-refractivity contribution in [1.82, 2.24) is 9.97 Å². The Morgan fingerprint density at radius 2 is 1.38 bits per heavy atom. The molecule has 1 saturated heterocycles. The summed E-state index contributed by atoms with van der Waals surface area (Å²) in [7, 11) is 0. The van der Waals surface area contributed by atoms with E-state index in [1.165, 1.54) is 0 Å². The molecule has 3 rings (SSSR count). The second kappa shape index (κ2) is 7.59. The van der Waals surface area contributed by atoms with Crippen LogP contribution in [0.15, 0.2) is 24.5 Å². The molecule has 154 valence electrons. The van der Waals surface area contributed by atoms with Crippen molar-refractivity contribution in [3.63, 3.8) is 0 Å². The molecular weight excluding hydrogens is 424 g/mol. The lowest BCUT2D eigenvalue weighted by Crippen LogP contribution is -2.47. The molecule has 0 amide bonds. The Morgan fingerprint density at radius 3 is 1.90 bits per heavy atom. The second-order valence-corrected chi connectivity index (χ2v) is 6.61. The molecule has 29 heavy (non-hydrogen) atoms. The zero-order valence-electron chi connectivity index (χ0n) is 14.5. The quantitative estimate of drug-likeness (QED) is 0.656. The van der Waals surface area contributed by atoms with Crippen molar-refractivity contribution in [2.75, 3.05) is 36.0 Å². The first-order valence-corrected chi connectivity index (χ1v) is 8.58. The normalized spacial score (nSPS) is 15.4. The van der Waals surface area contributed by atoms with E-state index >= 15 is 0 Å². The predicted molar refractivity (Wildman–Crippen MR) is 92.6 cm³/mol. The van der Waals surface area contributed by atoms with Gasteiger partial charge in [0.25, 0.3) is 0 Å². The van der Waals surface area contributed by atoms with E-state index in [1.54, 1.807) is 15.9 Å². The molecule has 0 radical (unpaired) electrons. The number of hydrogen-bond acceptors (Lipinski definition) is 5. The van der Waals surface area contributed by atoms with E-state index in [1.807, 2.05) is 0 Å². The highest BCUT2D eigenvalue weighted by Crippen LogP contribution is 2.35. The van der Waals surface area contributed by atoms with Gasteiger partial charge in [0.05, 0.1) is 21.8 Å². The first kappa shape index (κ1) is 21.0. The van der Waals surface area contributed by atoms with Gasteiger partial charge in [-0.1, -0.05) is 11.6 Å². The number of aromatic nitrogens is 2. The molecule has 2 aromatic heterocycles. The van der Waals surface area contributed by atoms with Gasteiger partial charge in [-0.15, -0.1) is 0 Å². The summed E-state index contributed by atoms with van der Waals surface area (Å²) in [6, 6.07) is 3.41. The van der Waals surface area contributed by atoms with Crippen molar-refractivity contribution >= 4 is 23.1 Å². The lowest BCUT2D eigenvalue weighted by Gasteiger charge is -2.37. The summed E-state index contributed by atoms with van der Waals surface area (Å²) in [5.41, 5.74) is -2.04. The molecule has 2 aromatic rings. The number of nitrogens with zero attached hydrogens (tertiary/aromatic N) is 5. The van der Waals surface area contributed by atoms with Crippen LogP contribution in [-0.4, -0.2) is 36.1 Å². The van der Waals surface area contributed by atoms with E-state index in [4.69, 9.17) is 16.9 Å². The van der Waals surface area contributed by atoms with Gasteiger partial charge in [0, 0.05) is 38.6 Å². The van der Waals surface area contributed by atoms with E-state index < -0.39 is 23.5 Å². The molecule has 1 aliphatic heterocycles. The highest BCUT2D eigenvalue weighted by molar-refractivity contribution is 6.33. The van der Waals surface area contributed by atoms with Gasteiger partial charge in [-0.05, 0) is 12.1 Å². The zero-order valence-corrected chi connectivity index (χ0v) is 15.3. The number of hydrogen-bond donors (Lipinski definition) is 0. The fraction of sp³-hybridized carbons (Fsp3) is 0.353. The van der Waals surface area contributed by atoms with E-state index in [0.29, 0.717) is 12.4 Å². The molecule has 3 heterocycles. The molecule has 0 spiro atoms. The van der Waals surface area contributed by atoms with E-state index in [2.05, 4.69) is 9.97 Å². The van der Waals surface area contributed by atoms with Crippen molar-refractivity contribution < 1.29 is 26.3 Å². The van der Waals surface area contributed by atoms with Crippen LogP contribution in [0.2, 0.25) is 5.02 Å². The standard InChI is InChI=1S/C17H12ClF6N5/c18-12-5-10(16(19,20)21)9-27-15(12)29-3-1-28(2-4-29)14-6-11(17(22,23)24)8-26-13(14)7-25/h5-6,8-9H,1-4H2. The molecular formula is C17H12ClF6N5. The summed E-state index contributed by atoms with van der Waals surface area (Å²) in [5.74, 6) is 0.155. The summed E-state index contributed by atoms with van der Waals surface area (Å²) in [5, 5.41) is 8.98. The van der Waals surface area contributed by atoms with E-state index in [-0.39, 0.29) is 48.4 Å². The van der Waals surface area contributed by atoms with Crippen LogP contribution in [0.25, 0.3) is 0 Å². The zero-order chi connectivity index (χ0) is 21.4. The summed E-state index contributed by atoms with van der Waals surface area (Å²) in [4.78, 5) is 10.6. The number of anilines is 2. The highest BCUT2D eigenvalue weighted by Gasteiger charge is 2.34. The lowest BCUT2D eigenvalue weighted by atomic mass is 10.1. The molecule has 0 saturated carbocycles. The van der Waals surface area contributed by atoms with Crippen molar-refractivity contribution in [1.29, 1.82) is 5.26 Å². The predicted octanol–water partition coefficient (Wildman–Crippen LogP) is 4.37. The minimum atomic E-state index is -4.60. The van der Waals surface area contributed by atoms with Gasteiger partial charge in [0.15, 0.2) is 5.69 Å². The molecule has 0 aromatic carbocycles. The summed E-state index contributed by atoms with van der Waals surface area (Å²) in [6.07, 6.45) is -7.89. The van der Waals surface area contributed by atoms with Gasteiger partial charge in [-0.2, -0.15) is 31.6 Å². The van der Waals surface area contributed by atoms with Crippen LogP contribution in [0.3, 0.4) is 0 Å². The third-order valence-corrected chi connectivity index (χ3v) is 4.65. The number of piperazine rings is 1. The Morgan fingerprint density at radius 1 is 0.862 bits per heavy atom. The summed E-state index contributed by atoms with van der Waals surface area (Å²) < 4.78 is 77.1. The fourth-order valence-electron chi connectivity index (χ4n) is 2.91. The molecule has 1 aliphatic rings. The maximum Gasteiger partial charge on any atom is 0.417 e. The van der Waals surface area contributed by atoms with Crippen LogP contribution < -0.4 is 9.80 Å².